The van der Waals surface area contributed by atoms with E-state index in [0.29, 0.717) is 5.69 Å². The third-order valence-electron chi connectivity index (χ3n) is 3.11. The fourth-order valence-electron chi connectivity index (χ4n) is 1.94. The predicted octanol–water partition coefficient (Wildman–Crippen LogP) is 2.44. The van der Waals surface area contributed by atoms with Crippen LogP contribution in [0.3, 0.4) is 0 Å². The molecule has 0 radical (unpaired) electrons. The molecule has 0 spiro atoms. The second kappa shape index (κ2) is 6.00. The van der Waals surface area contributed by atoms with E-state index in [1.165, 1.54) is 0 Å². The molecule has 0 saturated heterocycles. The van der Waals surface area contributed by atoms with Gasteiger partial charge in [0.25, 0.3) is 0 Å². The quantitative estimate of drug-likeness (QED) is 0.848. The summed E-state index contributed by atoms with van der Waals surface area (Å²) in [6.07, 6.45) is 1.98. The zero-order chi connectivity index (χ0) is 14.7. The smallest absolute Gasteiger partial charge is 0.246 e. The molecule has 20 heavy (non-hydrogen) atoms. The zero-order valence-electron chi connectivity index (χ0n) is 11.8. The van der Waals surface area contributed by atoms with Crippen LogP contribution in [0.2, 0.25) is 0 Å². The Morgan fingerprint density at radius 2 is 2.10 bits per heavy atom. The van der Waals surface area contributed by atoms with Crippen LogP contribution in [0.5, 0.6) is 0 Å². The summed E-state index contributed by atoms with van der Waals surface area (Å²) in [7, 11) is 0. The Bertz CT molecular complexity index is 636. The lowest BCUT2D eigenvalue weighted by molar-refractivity contribution is -0.116. The molecule has 0 unspecified atom stereocenters. The third-order valence-corrected chi connectivity index (χ3v) is 3.91. The molecule has 2 rings (SSSR count). The molecule has 0 bridgehead atoms. The fourth-order valence-corrected chi connectivity index (χ4v) is 2.49. The summed E-state index contributed by atoms with van der Waals surface area (Å²) < 4.78 is 1.63. The minimum atomic E-state index is -0.114. The van der Waals surface area contributed by atoms with Crippen LogP contribution >= 0.6 is 11.8 Å². The molecule has 106 valence electrons. The van der Waals surface area contributed by atoms with Crippen molar-refractivity contribution in [1.29, 1.82) is 0 Å². The topological polar surface area (TPSA) is 72.9 Å². The van der Waals surface area contributed by atoms with Crippen molar-refractivity contribution in [1.82, 2.24) is 9.78 Å². The van der Waals surface area contributed by atoms with Gasteiger partial charge in [-0.3, -0.25) is 9.48 Å². The van der Waals surface area contributed by atoms with Crippen LogP contribution in [0, 0.1) is 13.8 Å². The molecule has 0 aliphatic rings. The fraction of sp³-hybridized carbons (Fsp3) is 0.286. The van der Waals surface area contributed by atoms with Crippen molar-refractivity contribution in [3.63, 3.8) is 0 Å². The lowest BCUT2D eigenvalue weighted by atomic mass is 10.3. The van der Waals surface area contributed by atoms with Gasteiger partial charge in [0.2, 0.25) is 5.91 Å². The molecule has 3 N–H and O–H groups in total. The number of hydrogen-bond acceptors (Lipinski definition) is 4. The molecule has 0 fully saturated rings. The predicted molar refractivity (Wildman–Crippen MR) is 83.0 cm³/mol. The number of nitrogens with two attached hydrogens (primary N) is 1. The van der Waals surface area contributed by atoms with Crippen LogP contribution in [0.15, 0.2) is 29.2 Å². The van der Waals surface area contributed by atoms with Gasteiger partial charge in [-0.25, -0.2) is 0 Å². The maximum absolute atomic E-state index is 12.1. The number of hydrogen-bond donors (Lipinski definition) is 2. The highest BCUT2D eigenvalue weighted by Gasteiger charge is 2.12. The van der Waals surface area contributed by atoms with E-state index in [4.69, 9.17) is 5.73 Å². The van der Waals surface area contributed by atoms with Gasteiger partial charge in [-0.15, -0.1) is 11.8 Å². The molecule has 2 aromatic rings. The van der Waals surface area contributed by atoms with Gasteiger partial charge in [-0.2, -0.15) is 5.10 Å². The first kappa shape index (κ1) is 14.5. The minimum Gasteiger partial charge on any atom is -0.396 e. The first-order valence-electron chi connectivity index (χ1n) is 6.25. The highest BCUT2D eigenvalue weighted by atomic mass is 32.2. The normalized spacial score (nSPS) is 10.6. The monoisotopic (exact) mass is 290 g/mol. The maximum atomic E-state index is 12.1. The van der Waals surface area contributed by atoms with E-state index >= 15 is 0 Å². The standard InChI is InChI=1S/C14H18N4OS/c1-9-14(15)10(2)18(17-9)8-13(19)16-11-6-4-5-7-12(11)20-3/h4-7H,8,15H2,1-3H3,(H,16,19). The SMILES string of the molecule is CSc1ccccc1NC(=O)Cn1nc(C)c(N)c1C. The highest BCUT2D eigenvalue weighted by molar-refractivity contribution is 7.98. The lowest BCUT2D eigenvalue weighted by Crippen LogP contribution is -2.20. The molecule has 0 saturated carbocycles. The van der Waals surface area contributed by atoms with Crippen molar-refractivity contribution >= 4 is 29.0 Å². The first-order valence-corrected chi connectivity index (χ1v) is 7.47. The number of thioether (sulfide) groups is 1. The molecule has 0 atom stereocenters. The molecule has 0 aliphatic heterocycles. The molecule has 0 aliphatic carbocycles. The number of anilines is 2. The Hall–Kier alpha value is -1.95. The molecule has 1 heterocycles. The molecule has 6 heteroatoms. The van der Waals surface area contributed by atoms with Gasteiger partial charge >= 0.3 is 0 Å². The van der Waals surface area contributed by atoms with Gasteiger partial charge in [0.15, 0.2) is 0 Å². The van der Waals surface area contributed by atoms with Gasteiger partial charge < -0.3 is 11.1 Å². The molecular weight excluding hydrogens is 272 g/mol. The number of nitrogen functional groups attached to an aromatic ring is 1. The van der Waals surface area contributed by atoms with E-state index in [1.54, 1.807) is 16.4 Å². The van der Waals surface area contributed by atoms with Crippen molar-refractivity contribution in [2.24, 2.45) is 0 Å². The van der Waals surface area contributed by atoms with E-state index in [-0.39, 0.29) is 12.5 Å². The maximum Gasteiger partial charge on any atom is 0.246 e. The number of nitrogens with zero attached hydrogens (tertiary/aromatic N) is 2. The summed E-state index contributed by atoms with van der Waals surface area (Å²) in [5.41, 5.74) is 8.88. The van der Waals surface area contributed by atoms with Gasteiger partial charge in [0.1, 0.15) is 6.54 Å². The Kier molecular flexibility index (Phi) is 4.34. The van der Waals surface area contributed by atoms with Crippen molar-refractivity contribution < 1.29 is 4.79 Å². The number of carbonyl (C=O) groups excluding carboxylic acids is 1. The van der Waals surface area contributed by atoms with Crippen LogP contribution in [0.25, 0.3) is 0 Å². The summed E-state index contributed by atoms with van der Waals surface area (Å²) in [6, 6.07) is 7.71. The molecule has 1 aromatic heterocycles. The van der Waals surface area contributed by atoms with E-state index in [1.807, 2.05) is 44.4 Å². The highest BCUT2D eigenvalue weighted by Crippen LogP contribution is 2.24. The molecular formula is C14H18N4OS. The van der Waals surface area contributed by atoms with Crippen molar-refractivity contribution in [3.05, 3.63) is 35.7 Å². The van der Waals surface area contributed by atoms with Crippen molar-refractivity contribution in [2.75, 3.05) is 17.3 Å². The summed E-state index contributed by atoms with van der Waals surface area (Å²) >= 11 is 1.60. The van der Waals surface area contributed by atoms with Crippen LogP contribution in [0.1, 0.15) is 11.4 Å². The number of amides is 1. The summed E-state index contributed by atoms with van der Waals surface area (Å²) in [5.74, 6) is -0.114. The van der Waals surface area contributed by atoms with E-state index in [0.717, 1.165) is 22.0 Å². The van der Waals surface area contributed by atoms with Crippen LogP contribution in [-0.2, 0) is 11.3 Å². The third kappa shape index (κ3) is 2.96. The molecule has 5 nitrogen and oxygen atoms in total. The molecule has 1 amide bonds. The number of aromatic nitrogens is 2. The number of para-hydroxylation sites is 1. The van der Waals surface area contributed by atoms with Gasteiger partial charge in [0.05, 0.1) is 22.8 Å². The first-order chi connectivity index (χ1) is 9.52. The second-order valence-corrected chi connectivity index (χ2v) is 5.34. The van der Waals surface area contributed by atoms with Crippen molar-refractivity contribution in [3.8, 4) is 0 Å². The van der Waals surface area contributed by atoms with E-state index in [2.05, 4.69) is 10.4 Å². The summed E-state index contributed by atoms with van der Waals surface area (Å²) in [4.78, 5) is 13.1. The summed E-state index contributed by atoms with van der Waals surface area (Å²) in [5, 5.41) is 7.16. The number of benzene rings is 1. The average Bonchev–Trinajstić information content (AvgIpc) is 2.67. The Morgan fingerprint density at radius 3 is 2.70 bits per heavy atom. The van der Waals surface area contributed by atoms with Crippen LogP contribution in [0.4, 0.5) is 11.4 Å². The molecule has 1 aromatic carbocycles. The van der Waals surface area contributed by atoms with Crippen LogP contribution in [-0.4, -0.2) is 21.9 Å². The Labute approximate surface area is 122 Å². The zero-order valence-corrected chi connectivity index (χ0v) is 12.6. The summed E-state index contributed by atoms with van der Waals surface area (Å²) in [6.45, 7) is 3.85. The Morgan fingerprint density at radius 1 is 1.40 bits per heavy atom. The van der Waals surface area contributed by atoms with E-state index < -0.39 is 0 Å². The number of rotatable bonds is 4. The minimum absolute atomic E-state index is 0.114. The number of carbonyl (C=O) groups is 1. The van der Waals surface area contributed by atoms with Gasteiger partial charge in [0, 0.05) is 4.90 Å². The van der Waals surface area contributed by atoms with Crippen molar-refractivity contribution in [2.45, 2.75) is 25.3 Å². The number of nitrogens with one attached hydrogen (secondary N) is 1. The largest absolute Gasteiger partial charge is 0.396 e. The Balaban J connectivity index is 2.11. The van der Waals surface area contributed by atoms with Gasteiger partial charge in [-0.1, -0.05) is 12.1 Å². The second-order valence-electron chi connectivity index (χ2n) is 4.49. The van der Waals surface area contributed by atoms with Gasteiger partial charge in [-0.05, 0) is 32.2 Å². The average molecular weight is 290 g/mol. The van der Waals surface area contributed by atoms with Crippen LogP contribution < -0.4 is 11.1 Å². The number of aryl methyl sites for hydroxylation is 1. The lowest BCUT2D eigenvalue weighted by Gasteiger charge is -2.10. The van der Waals surface area contributed by atoms with E-state index in [9.17, 15) is 4.79 Å².